The van der Waals surface area contributed by atoms with Crippen LogP contribution in [0.25, 0.3) is 11.1 Å². The molecule has 11 heteroatoms. The summed E-state index contributed by atoms with van der Waals surface area (Å²) < 4.78 is 16.9. The van der Waals surface area contributed by atoms with Gasteiger partial charge in [0, 0.05) is 18.1 Å². The summed E-state index contributed by atoms with van der Waals surface area (Å²) in [5, 5.41) is 6.18. The van der Waals surface area contributed by atoms with Crippen molar-refractivity contribution >= 4 is 29.5 Å². The standard InChI is InChI=1S/C34H38N6O5/c1-22(37-32-36-18-16-30(39-32)40-29(20-44-33(40)42)23(2)45-34(3,4)5)24-8-10-25(11-9-24)26-12-14-27(15-13-26)38-31(41)21-43-28-7-6-17-35-19-28/h6-19,22-23,29H,20-21H2,1-5H3,(H,38,41)(H,36,37,39)/t22-,23+,29+/m0/s1. The van der Waals surface area contributed by atoms with E-state index < -0.39 is 6.09 Å². The number of anilines is 3. The van der Waals surface area contributed by atoms with Crippen LogP contribution in [0, 0.1) is 0 Å². The molecule has 1 saturated heterocycles. The molecular formula is C34H38N6O5. The molecule has 0 aliphatic carbocycles. The maximum absolute atomic E-state index is 12.6. The Hall–Kier alpha value is -5.03. The summed E-state index contributed by atoms with van der Waals surface area (Å²) in [5.41, 5.74) is 3.40. The van der Waals surface area contributed by atoms with Crippen molar-refractivity contribution in [3.05, 3.63) is 90.9 Å². The first-order valence-electron chi connectivity index (χ1n) is 14.8. The summed E-state index contributed by atoms with van der Waals surface area (Å²) in [6, 6.07) is 20.6. The molecule has 1 aliphatic heterocycles. The smallest absolute Gasteiger partial charge is 0.416 e. The third-order valence-electron chi connectivity index (χ3n) is 7.14. The zero-order valence-corrected chi connectivity index (χ0v) is 26.1. The van der Waals surface area contributed by atoms with E-state index in [2.05, 4.69) is 25.6 Å². The minimum atomic E-state index is -0.456. The van der Waals surface area contributed by atoms with Crippen molar-refractivity contribution in [2.45, 2.75) is 58.4 Å². The molecule has 1 fully saturated rings. The van der Waals surface area contributed by atoms with E-state index in [0.717, 1.165) is 16.7 Å². The van der Waals surface area contributed by atoms with Gasteiger partial charge in [0.1, 0.15) is 24.2 Å². The largest absolute Gasteiger partial charge is 0.482 e. The van der Waals surface area contributed by atoms with Gasteiger partial charge in [-0.25, -0.2) is 9.78 Å². The van der Waals surface area contributed by atoms with Crippen LogP contribution in [0.2, 0.25) is 0 Å². The average molecular weight is 611 g/mol. The number of cyclic esters (lactones) is 1. The maximum atomic E-state index is 12.6. The van der Waals surface area contributed by atoms with Gasteiger partial charge >= 0.3 is 6.09 Å². The predicted molar refractivity (Wildman–Crippen MR) is 172 cm³/mol. The fraction of sp³-hybridized carbons (Fsp3) is 0.324. The Labute approximate surface area is 263 Å². The molecule has 2 aromatic heterocycles. The summed E-state index contributed by atoms with van der Waals surface area (Å²) >= 11 is 0. The SMILES string of the molecule is C[C@H](Nc1nccc(N2C(=O)OC[C@@H]2[C@@H](C)OC(C)(C)C)n1)c1ccc(-c2ccc(NC(=O)COc3cccnc3)cc2)cc1. The third-order valence-corrected chi connectivity index (χ3v) is 7.14. The molecule has 2 N–H and O–H groups in total. The van der Waals surface area contributed by atoms with Gasteiger partial charge in [0.2, 0.25) is 5.95 Å². The summed E-state index contributed by atoms with van der Waals surface area (Å²) in [6.45, 7) is 10.0. The molecule has 3 heterocycles. The lowest BCUT2D eigenvalue weighted by Gasteiger charge is -2.31. The number of hydrogen-bond donors (Lipinski definition) is 2. The van der Waals surface area contributed by atoms with Gasteiger partial charge in [-0.05, 0) is 81.6 Å². The number of nitrogens with one attached hydrogen (secondary N) is 2. The van der Waals surface area contributed by atoms with E-state index in [0.29, 0.717) is 23.2 Å². The van der Waals surface area contributed by atoms with Crippen LogP contribution in [0.15, 0.2) is 85.3 Å². The number of carbonyl (C=O) groups is 2. The van der Waals surface area contributed by atoms with E-state index in [9.17, 15) is 9.59 Å². The number of aromatic nitrogens is 3. The minimum Gasteiger partial charge on any atom is -0.482 e. The number of amides is 2. The van der Waals surface area contributed by atoms with Gasteiger partial charge in [0.05, 0.1) is 23.9 Å². The summed E-state index contributed by atoms with van der Waals surface area (Å²) in [5.74, 6) is 1.13. The van der Waals surface area contributed by atoms with E-state index >= 15 is 0 Å². The van der Waals surface area contributed by atoms with Gasteiger partial charge < -0.3 is 24.8 Å². The molecule has 2 amide bonds. The maximum Gasteiger partial charge on any atom is 0.416 e. The van der Waals surface area contributed by atoms with Crippen molar-refractivity contribution in [1.82, 2.24) is 15.0 Å². The number of ether oxygens (including phenoxy) is 3. The topological polar surface area (TPSA) is 128 Å². The van der Waals surface area contributed by atoms with Gasteiger partial charge in [-0.15, -0.1) is 0 Å². The first kappa shape index (κ1) is 31.4. The molecule has 5 rings (SSSR count). The van der Waals surface area contributed by atoms with Gasteiger partial charge in [0.15, 0.2) is 6.61 Å². The van der Waals surface area contributed by atoms with Crippen LogP contribution in [-0.2, 0) is 14.3 Å². The second kappa shape index (κ2) is 13.7. The fourth-order valence-corrected chi connectivity index (χ4v) is 5.00. The molecule has 0 saturated carbocycles. The lowest BCUT2D eigenvalue weighted by molar-refractivity contribution is -0.118. The summed E-state index contributed by atoms with van der Waals surface area (Å²) in [4.78, 5) is 39.4. The zero-order valence-electron chi connectivity index (χ0n) is 26.1. The highest BCUT2D eigenvalue weighted by molar-refractivity contribution is 5.92. The first-order valence-corrected chi connectivity index (χ1v) is 14.8. The Bertz CT molecular complexity index is 1590. The van der Waals surface area contributed by atoms with Gasteiger partial charge in [-0.1, -0.05) is 36.4 Å². The Morgan fingerprint density at radius 2 is 1.73 bits per heavy atom. The quantitative estimate of drug-likeness (QED) is 0.202. The van der Waals surface area contributed by atoms with Gasteiger partial charge in [-0.2, -0.15) is 4.98 Å². The lowest BCUT2D eigenvalue weighted by atomic mass is 10.0. The van der Waals surface area contributed by atoms with E-state index in [1.807, 2.05) is 83.1 Å². The number of benzene rings is 2. The number of rotatable bonds is 11. The second-order valence-corrected chi connectivity index (χ2v) is 11.8. The monoisotopic (exact) mass is 610 g/mol. The van der Waals surface area contributed by atoms with Crippen LogP contribution in [0.4, 0.5) is 22.2 Å². The molecule has 3 atom stereocenters. The Kier molecular flexibility index (Phi) is 9.58. The van der Waals surface area contributed by atoms with Crippen molar-refractivity contribution < 1.29 is 23.8 Å². The Morgan fingerprint density at radius 1 is 1.02 bits per heavy atom. The molecule has 4 aromatic rings. The minimum absolute atomic E-state index is 0.104. The van der Waals surface area contributed by atoms with Crippen LogP contribution in [0.1, 0.15) is 46.2 Å². The molecular weight excluding hydrogens is 572 g/mol. The van der Waals surface area contributed by atoms with Gasteiger partial charge in [-0.3, -0.25) is 14.7 Å². The fourth-order valence-electron chi connectivity index (χ4n) is 5.00. The third kappa shape index (κ3) is 8.33. The normalized spacial score (nSPS) is 16.1. The highest BCUT2D eigenvalue weighted by Crippen LogP contribution is 2.28. The highest BCUT2D eigenvalue weighted by atomic mass is 16.6. The van der Waals surface area contributed by atoms with Crippen molar-refractivity contribution in [2.24, 2.45) is 0 Å². The second-order valence-electron chi connectivity index (χ2n) is 11.8. The molecule has 0 unspecified atom stereocenters. The highest BCUT2D eigenvalue weighted by Gasteiger charge is 2.40. The van der Waals surface area contributed by atoms with E-state index in [1.165, 1.54) is 4.90 Å². The number of carbonyl (C=O) groups excluding carboxylic acids is 2. The number of nitrogens with zero attached hydrogens (tertiary/aromatic N) is 4. The Morgan fingerprint density at radius 3 is 2.40 bits per heavy atom. The van der Waals surface area contributed by atoms with Crippen molar-refractivity contribution in [3.8, 4) is 16.9 Å². The van der Waals surface area contributed by atoms with Crippen molar-refractivity contribution in [2.75, 3.05) is 28.7 Å². The van der Waals surface area contributed by atoms with E-state index in [4.69, 9.17) is 14.2 Å². The lowest BCUT2D eigenvalue weighted by Crippen LogP contribution is -2.45. The predicted octanol–water partition coefficient (Wildman–Crippen LogP) is 6.26. The van der Waals surface area contributed by atoms with Crippen LogP contribution >= 0.6 is 0 Å². The molecule has 11 nitrogen and oxygen atoms in total. The number of pyridine rings is 1. The van der Waals surface area contributed by atoms with Crippen LogP contribution < -0.4 is 20.3 Å². The van der Waals surface area contributed by atoms with Gasteiger partial charge in [0.25, 0.3) is 5.91 Å². The van der Waals surface area contributed by atoms with Crippen LogP contribution in [0.5, 0.6) is 5.75 Å². The van der Waals surface area contributed by atoms with Crippen LogP contribution in [0.3, 0.4) is 0 Å². The average Bonchev–Trinajstić information content (AvgIpc) is 3.42. The van der Waals surface area contributed by atoms with Crippen molar-refractivity contribution in [1.29, 1.82) is 0 Å². The van der Waals surface area contributed by atoms with E-state index in [-0.39, 0.29) is 42.9 Å². The number of hydrogen-bond acceptors (Lipinski definition) is 9. The summed E-state index contributed by atoms with van der Waals surface area (Å²) in [6.07, 6.45) is 4.11. The molecule has 0 bridgehead atoms. The Balaban J connectivity index is 1.18. The first-order chi connectivity index (χ1) is 21.6. The van der Waals surface area contributed by atoms with Crippen molar-refractivity contribution in [3.63, 3.8) is 0 Å². The molecule has 2 aromatic carbocycles. The molecule has 0 radical (unpaired) electrons. The van der Waals surface area contributed by atoms with E-state index in [1.54, 1.807) is 36.8 Å². The molecule has 45 heavy (non-hydrogen) atoms. The van der Waals surface area contributed by atoms with Crippen LogP contribution in [-0.4, -0.2) is 57.9 Å². The molecule has 234 valence electrons. The molecule has 1 aliphatic rings. The zero-order chi connectivity index (χ0) is 32.0. The molecule has 0 spiro atoms. The summed E-state index contributed by atoms with van der Waals surface area (Å²) in [7, 11) is 0.